The van der Waals surface area contributed by atoms with Crippen LogP contribution in [0.4, 0.5) is 10.5 Å². The number of benzene rings is 1. The first-order valence-electron chi connectivity index (χ1n) is 8.55. The molecule has 7 nitrogen and oxygen atoms in total. The van der Waals surface area contributed by atoms with Crippen molar-refractivity contribution in [3.63, 3.8) is 0 Å². The molecular formula is C18H25N3O4. The van der Waals surface area contributed by atoms with Crippen LogP contribution in [0, 0.1) is 5.92 Å². The highest BCUT2D eigenvalue weighted by atomic mass is 16.5. The summed E-state index contributed by atoms with van der Waals surface area (Å²) in [7, 11) is 0. The third-order valence-corrected chi connectivity index (χ3v) is 4.23. The monoisotopic (exact) mass is 347 g/mol. The zero-order valence-electron chi connectivity index (χ0n) is 14.6. The van der Waals surface area contributed by atoms with Crippen molar-refractivity contribution in [1.29, 1.82) is 0 Å². The van der Waals surface area contributed by atoms with E-state index in [-0.39, 0.29) is 18.6 Å². The highest BCUT2D eigenvalue weighted by Gasteiger charge is 2.23. The summed E-state index contributed by atoms with van der Waals surface area (Å²) in [5, 5.41) is 7.78. The summed E-state index contributed by atoms with van der Waals surface area (Å²) >= 11 is 0. The SMILES string of the molecule is CC(=O)Nc1ccc(OCC(=O)NC(=O)N[C@H]2CCCC[C@H]2C)cc1. The molecule has 1 aliphatic rings. The number of amides is 4. The smallest absolute Gasteiger partial charge is 0.321 e. The number of nitrogens with one attached hydrogen (secondary N) is 3. The molecule has 1 aliphatic carbocycles. The van der Waals surface area contributed by atoms with E-state index in [0.717, 1.165) is 19.3 Å². The lowest BCUT2D eigenvalue weighted by Crippen LogP contribution is -2.48. The summed E-state index contributed by atoms with van der Waals surface area (Å²) in [6, 6.07) is 6.26. The Morgan fingerprint density at radius 2 is 1.80 bits per heavy atom. The second kappa shape index (κ2) is 9.05. The molecule has 2 atom stereocenters. The maximum atomic E-state index is 11.9. The number of imide groups is 1. The third-order valence-electron chi connectivity index (χ3n) is 4.23. The van der Waals surface area contributed by atoms with Crippen molar-refractivity contribution in [2.45, 2.75) is 45.6 Å². The van der Waals surface area contributed by atoms with Crippen LogP contribution in [0.3, 0.4) is 0 Å². The Kier molecular flexibility index (Phi) is 6.80. The predicted molar refractivity (Wildman–Crippen MR) is 94.3 cm³/mol. The van der Waals surface area contributed by atoms with Crippen molar-refractivity contribution in [1.82, 2.24) is 10.6 Å². The maximum absolute atomic E-state index is 11.9. The van der Waals surface area contributed by atoms with Crippen molar-refractivity contribution >= 4 is 23.5 Å². The van der Waals surface area contributed by atoms with Gasteiger partial charge in [0, 0.05) is 18.7 Å². The Labute approximate surface area is 147 Å². The molecule has 0 radical (unpaired) electrons. The second-order valence-corrected chi connectivity index (χ2v) is 6.38. The van der Waals surface area contributed by atoms with E-state index in [4.69, 9.17) is 4.74 Å². The summed E-state index contributed by atoms with van der Waals surface area (Å²) in [5.41, 5.74) is 0.644. The van der Waals surface area contributed by atoms with E-state index in [9.17, 15) is 14.4 Å². The molecule has 0 aromatic heterocycles. The fourth-order valence-corrected chi connectivity index (χ4v) is 2.88. The molecule has 0 heterocycles. The van der Waals surface area contributed by atoms with Crippen LogP contribution < -0.4 is 20.7 Å². The maximum Gasteiger partial charge on any atom is 0.321 e. The summed E-state index contributed by atoms with van der Waals surface area (Å²) in [6.45, 7) is 3.28. The minimum absolute atomic E-state index is 0.115. The first-order valence-corrected chi connectivity index (χ1v) is 8.55. The van der Waals surface area contributed by atoms with Crippen LogP contribution in [0.2, 0.25) is 0 Å². The van der Waals surface area contributed by atoms with Gasteiger partial charge in [-0.2, -0.15) is 0 Å². The lowest BCUT2D eigenvalue weighted by atomic mass is 9.86. The molecule has 0 bridgehead atoms. The molecule has 2 rings (SSSR count). The van der Waals surface area contributed by atoms with Gasteiger partial charge >= 0.3 is 6.03 Å². The van der Waals surface area contributed by atoms with Crippen molar-refractivity contribution in [2.24, 2.45) is 5.92 Å². The van der Waals surface area contributed by atoms with Crippen molar-refractivity contribution < 1.29 is 19.1 Å². The normalized spacial score (nSPS) is 19.6. The highest BCUT2D eigenvalue weighted by Crippen LogP contribution is 2.23. The van der Waals surface area contributed by atoms with Crippen molar-refractivity contribution in [2.75, 3.05) is 11.9 Å². The minimum atomic E-state index is -0.507. The fourth-order valence-electron chi connectivity index (χ4n) is 2.88. The minimum Gasteiger partial charge on any atom is -0.484 e. The molecule has 1 aromatic rings. The number of carbonyl (C=O) groups excluding carboxylic acids is 3. The molecule has 3 N–H and O–H groups in total. The molecule has 1 aromatic carbocycles. The first kappa shape index (κ1) is 18.8. The van der Waals surface area contributed by atoms with E-state index in [2.05, 4.69) is 22.9 Å². The standard InChI is InChI=1S/C18H25N3O4/c1-12-5-3-4-6-16(12)20-18(24)21-17(23)11-25-15-9-7-14(8-10-15)19-13(2)22/h7-10,12,16H,3-6,11H2,1-2H3,(H,19,22)(H2,20,21,23,24)/t12-,16+/m1/s1. The van der Waals surface area contributed by atoms with Crippen LogP contribution >= 0.6 is 0 Å². The number of rotatable bonds is 5. The summed E-state index contributed by atoms with van der Waals surface area (Å²) in [6.07, 6.45) is 4.33. The van der Waals surface area contributed by atoms with Crippen LogP contribution in [0.5, 0.6) is 5.75 Å². The molecule has 136 valence electrons. The number of carbonyl (C=O) groups is 3. The van der Waals surface area contributed by atoms with Gasteiger partial charge < -0.3 is 15.4 Å². The van der Waals surface area contributed by atoms with Gasteiger partial charge in [-0.1, -0.05) is 19.8 Å². The van der Waals surface area contributed by atoms with Gasteiger partial charge in [-0.25, -0.2) is 4.79 Å². The van der Waals surface area contributed by atoms with Gasteiger partial charge in [0.2, 0.25) is 5.91 Å². The summed E-state index contributed by atoms with van der Waals surface area (Å²) in [4.78, 5) is 34.6. The number of anilines is 1. The Morgan fingerprint density at radius 3 is 2.44 bits per heavy atom. The van der Waals surface area contributed by atoms with E-state index in [0.29, 0.717) is 17.4 Å². The van der Waals surface area contributed by atoms with Gasteiger partial charge in [0.25, 0.3) is 5.91 Å². The predicted octanol–water partition coefficient (Wildman–Crippen LogP) is 2.43. The van der Waals surface area contributed by atoms with Gasteiger partial charge in [0.1, 0.15) is 5.75 Å². The molecule has 25 heavy (non-hydrogen) atoms. The van der Waals surface area contributed by atoms with E-state index >= 15 is 0 Å². The molecule has 0 unspecified atom stereocenters. The number of hydrogen-bond acceptors (Lipinski definition) is 4. The zero-order valence-corrected chi connectivity index (χ0v) is 14.6. The quantitative estimate of drug-likeness (QED) is 0.762. The van der Waals surface area contributed by atoms with Gasteiger partial charge in [0.05, 0.1) is 0 Å². The zero-order chi connectivity index (χ0) is 18.2. The van der Waals surface area contributed by atoms with Crippen LogP contribution in [0.15, 0.2) is 24.3 Å². The molecule has 0 aliphatic heterocycles. The lowest BCUT2D eigenvalue weighted by Gasteiger charge is -2.29. The summed E-state index contributed by atoms with van der Waals surface area (Å²) < 4.78 is 5.34. The highest BCUT2D eigenvalue weighted by molar-refractivity contribution is 5.95. The Bertz CT molecular complexity index is 615. The van der Waals surface area contributed by atoms with Crippen molar-refractivity contribution in [3.05, 3.63) is 24.3 Å². The van der Waals surface area contributed by atoms with Crippen LogP contribution in [-0.2, 0) is 9.59 Å². The van der Waals surface area contributed by atoms with E-state index < -0.39 is 11.9 Å². The van der Waals surface area contributed by atoms with Gasteiger partial charge in [-0.05, 0) is 43.0 Å². The van der Waals surface area contributed by atoms with Crippen LogP contribution in [0.1, 0.15) is 39.5 Å². The number of urea groups is 1. The van der Waals surface area contributed by atoms with Gasteiger partial charge in [0.15, 0.2) is 6.61 Å². The average Bonchev–Trinajstić information content (AvgIpc) is 2.56. The molecule has 7 heteroatoms. The molecular weight excluding hydrogens is 322 g/mol. The van der Waals surface area contributed by atoms with Gasteiger partial charge in [-0.3, -0.25) is 14.9 Å². The van der Waals surface area contributed by atoms with Gasteiger partial charge in [-0.15, -0.1) is 0 Å². The van der Waals surface area contributed by atoms with E-state index in [1.165, 1.54) is 13.3 Å². The Balaban J connectivity index is 1.72. The number of hydrogen-bond donors (Lipinski definition) is 3. The van der Waals surface area contributed by atoms with Crippen LogP contribution in [-0.4, -0.2) is 30.5 Å². The molecule has 0 saturated heterocycles. The lowest BCUT2D eigenvalue weighted by molar-refractivity contribution is -0.122. The largest absolute Gasteiger partial charge is 0.484 e. The topological polar surface area (TPSA) is 96.5 Å². The molecule has 1 saturated carbocycles. The summed E-state index contributed by atoms with van der Waals surface area (Å²) in [5.74, 6) is 0.233. The number of ether oxygens (including phenoxy) is 1. The Hall–Kier alpha value is -2.57. The Morgan fingerprint density at radius 1 is 1.12 bits per heavy atom. The average molecular weight is 347 g/mol. The molecule has 4 amide bonds. The third kappa shape index (κ3) is 6.45. The van der Waals surface area contributed by atoms with Crippen LogP contribution in [0.25, 0.3) is 0 Å². The second-order valence-electron chi connectivity index (χ2n) is 6.38. The first-order chi connectivity index (χ1) is 11.9. The molecule has 0 spiro atoms. The van der Waals surface area contributed by atoms with E-state index in [1.54, 1.807) is 24.3 Å². The van der Waals surface area contributed by atoms with E-state index in [1.807, 2.05) is 0 Å². The van der Waals surface area contributed by atoms with Crippen molar-refractivity contribution in [3.8, 4) is 5.75 Å². The fraction of sp³-hybridized carbons (Fsp3) is 0.500. The molecule has 1 fully saturated rings.